The summed E-state index contributed by atoms with van der Waals surface area (Å²) in [6.45, 7) is 0.261. The van der Waals surface area contributed by atoms with Crippen molar-refractivity contribution in [1.82, 2.24) is 10.3 Å². The van der Waals surface area contributed by atoms with Crippen molar-refractivity contribution in [2.45, 2.75) is 19.3 Å². The molecule has 4 N–H and O–H groups in total. The largest absolute Gasteiger partial charge is 0.480 e. The third-order valence-corrected chi connectivity index (χ3v) is 2.93. The van der Waals surface area contributed by atoms with Gasteiger partial charge in [0.15, 0.2) is 0 Å². The quantitative estimate of drug-likeness (QED) is 0.626. The first kappa shape index (κ1) is 13.6. The summed E-state index contributed by atoms with van der Waals surface area (Å²) in [7, 11) is 0. The second-order valence-electron chi connectivity index (χ2n) is 3.47. The predicted octanol–water partition coefficient (Wildman–Crippen LogP) is -0.222. The highest BCUT2D eigenvalue weighted by molar-refractivity contribution is 7.09. The second kappa shape index (κ2) is 6.97. The minimum absolute atomic E-state index is 0.117. The van der Waals surface area contributed by atoms with Crippen molar-refractivity contribution >= 4 is 23.2 Å². The highest BCUT2D eigenvalue weighted by Crippen LogP contribution is 2.11. The molecule has 0 aliphatic carbocycles. The third kappa shape index (κ3) is 5.41. The molecular weight excluding hydrogens is 242 g/mol. The third-order valence-electron chi connectivity index (χ3n) is 1.97. The summed E-state index contributed by atoms with van der Waals surface area (Å²) >= 11 is 1.49. The zero-order valence-corrected chi connectivity index (χ0v) is 10.1. The zero-order valence-electron chi connectivity index (χ0n) is 9.31. The molecule has 0 aliphatic rings. The summed E-state index contributed by atoms with van der Waals surface area (Å²) in [6.07, 6.45) is 1.81. The van der Waals surface area contributed by atoms with Crippen LogP contribution < -0.4 is 11.1 Å². The highest BCUT2D eigenvalue weighted by Gasteiger charge is 2.08. The number of thiazole rings is 1. The number of nitrogens with zero attached hydrogens (tertiary/aromatic N) is 1. The normalized spacial score (nSPS) is 10.2. The number of rotatable bonds is 7. The van der Waals surface area contributed by atoms with E-state index in [1.54, 1.807) is 0 Å². The Morgan fingerprint density at radius 3 is 2.94 bits per heavy atom. The maximum absolute atomic E-state index is 11.3. The van der Waals surface area contributed by atoms with Gasteiger partial charge in [0.1, 0.15) is 6.54 Å². The second-order valence-corrected chi connectivity index (χ2v) is 4.41. The summed E-state index contributed by atoms with van der Waals surface area (Å²) < 4.78 is 0. The topological polar surface area (TPSA) is 105 Å². The zero-order chi connectivity index (χ0) is 12.7. The van der Waals surface area contributed by atoms with Gasteiger partial charge in [0.2, 0.25) is 5.91 Å². The molecule has 0 bridgehead atoms. The van der Waals surface area contributed by atoms with Gasteiger partial charge in [0.25, 0.3) is 0 Å². The molecule has 1 amide bonds. The summed E-state index contributed by atoms with van der Waals surface area (Å²) in [5.41, 5.74) is 6.06. The molecule has 0 saturated carbocycles. The van der Waals surface area contributed by atoms with Crippen LogP contribution >= 0.6 is 11.3 Å². The summed E-state index contributed by atoms with van der Waals surface area (Å²) in [4.78, 5) is 25.8. The number of carboxylic acids is 1. The number of hydrogen-bond acceptors (Lipinski definition) is 5. The van der Waals surface area contributed by atoms with Gasteiger partial charge in [-0.05, 0) is 13.0 Å². The molecule has 0 spiro atoms. The van der Waals surface area contributed by atoms with Crippen molar-refractivity contribution in [2.75, 3.05) is 13.1 Å². The first-order valence-corrected chi connectivity index (χ1v) is 6.11. The molecule has 0 aliphatic heterocycles. The van der Waals surface area contributed by atoms with Gasteiger partial charge >= 0.3 is 5.97 Å². The van der Waals surface area contributed by atoms with Crippen LogP contribution in [0.15, 0.2) is 5.38 Å². The number of hydrogen-bond donors (Lipinski definition) is 3. The number of aliphatic carboxylic acids is 1. The fourth-order valence-electron chi connectivity index (χ4n) is 1.20. The molecule has 7 heteroatoms. The number of nitrogens with two attached hydrogens (primary N) is 1. The van der Waals surface area contributed by atoms with Gasteiger partial charge in [-0.2, -0.15) is 0 Å². The van der Waals surface area contributed by atoms with E-state index in [2.05, 4.69) is 10.3 Å². The van der Waals surface area contributed by atoms with Gasteiger partial charge in [-0.25, -0.2) is 4.98 Å². The van der Waals surface area contributed by atoms with Crippen molar-refractivity contribution in [3.8, 4) is 0 Å². The first-order valence-electron chi connectivity index (χ1n) is 5.23. The molecule has 0 saturated heterocycles. The average molecular weight is 257 g/mol. The number of carbonyl (C=O) groups excluding carboxylic acids is 1. The molecule has 0 fully saturated rings. The van der Waals surface area contributed by atoms with Crippen LogP contribution in [0.1, 0.15) is 17.1 Å². The van der Waals surface area contributed by atoms with Crippen LogP contribution in [-0.4, -0.2) is 35.1 Å². The van der Waals surface area contributed by atoms with Crippen LogP contribution in [0.5, 0.6) is 0 Å². The maximum Gasteiger partial charge on any atom is 0.322 e. The lowest BCUT2D eigenvalue weighted by Gasteiger charge is -1.99. The van der Waals surface area contributed by atoms with E-state index < -0.39 is 5.97 Å². The Morgan fingerprint density at radius 1 is 1.53 bits per heavy atom. The molecule has 0 radical (unpaired) electrons. The number of aryl methyl sites for hydroxylation is 1. The van der Waals surface area contributed by atoms with Crippen molar-refractivity contribution in [3.05, 3.63) is 16.1 Å². The van der Waals surface area contributed by atoms with E-state index in [0.717, 1.165) is 17.8 Å². The number of nitrogens with one attached hydrogen (secondary N) is 1. The van der Waals surface area contributed by atoms with E-state index in [1.807, 2.05) is 5.38 Å². The number of carbonyl (C=O) groups is 2. The summed E-state index contributed by atoms with van der Waals surface area (Å²) in [5, 5.41) is 13.4. The molecule has 1 aromatic rings. The lowest BCUT2D eigenvalue weighted by molar-refractivity contribution is -0.137. The minimum Gasteiger partial charge on any atom is -0.480 e. The van der Waals surface area contributed by atoms with Crippen molar-refractivity contribution in [1.29, 1.82) is 0 Å². The fraction of sp³-hybridized carbons (Fsp3) is 0.500. The monoisotopic (exact) mass is 257 g/mol. The smallest absolute Gasteiger partial charge is 0.322 e. The maximum atomic E-state index is 11.3. The molecule has 0 unspecified atom stereocenters. The van der Waals surface area contributed by atoms with Crippen molar-refractivity contribution < 1.29 is 14.7 Å². The Morgan fingerprint density at radius 2 is 2.29 bits per heavy atom. The van der Waals surface area contributed by atoms with Crippen LogP contribution in [-0.2, 0) is 22.4 Å². The number of aromatic nitrogens is 1. The molecule has 94 valence electrons. The van der Waals surface area contributed by atoms with E-state index in [0.29, 0.717) is 12.2 Å². The number of amides is 1. The van der Waals surface area contributed by atoms with E-state index in [4.69, 9.17) is 10.8 Å². The lowest BCUT2D eigenvalue weighted by Crippen LogP contribution is -2.30. The van der Waals surface area contributed by atoms with E-state index in [1.165, 1.54) is 11.3 Å². The SMILES string of the molecule is NCCCc1nc(CC(=O)NCC(=O)O)cs1. The van der Waals surface area contributed by atoms with Crippen LogP contribution in [0.4, 0.5) is 0 Å². The minimum atomic E-state index is -1.06. The van der Waals surface area contributed by atoms with Crippen molar-refractivity contribution in [2.24, 2.45) is 5.73 Å². The Bertz CT molecular complexity index is 392. The van der Waals surface area contributed by atoms with E-state index >= 15 is 0 Å². The van der Waals surface area contributed by atoms with E-state index in [9.17, 15) is 9.59 Å². The highest BCUT2D eigenvalue weighted by atomic mass is 32.1. The Kier molecular flexibility index (Phi) is 5.58. The predicted molar refractivity (Wildman–Crippen MR) is 63.8 cm³/mol. The molecule has 17 heavy (non-hydrogen) atoms. The fourth-order valence-corrected chi connectivity index (χ4v) is 2.04. The van der Waals surface area contributed by atoms with Gasteiger partial charge in [0.05, 0.1) is 17.1 Å². The molecule has 1 aromatic heterocycles. The van der Waals surface area contributed by atoms with E-state index in [-0.39, 0.29) is 18.9 Å². The molecule has 1 heterocycles. The summed E-state index contributed by atoms with van der Waals surface area (Å²) in [6, 6.07) is 0. The molecule has 6 nitrogen and oxygen atoms in total. The van der Waals surface area contributed by atoms with Crippen LogP contribution in [0, 0.1) is 0 Å². The summed E-state index contributed by atoms with van der Waals surface area (Å²) in [5.74, 6) is -1.39. The van der Waals surface area contributed by atoms with Crippen LogP contribution in [0.2, 0.25) is 0 Å². The molecule has 1 rings (SSSR count). The number of carboxylic acid groups (broad SMARTS) is 1. The molecule has 0 atom stereocenters. The van der Waals surface area contributed by atoms with Crippen LogP contribution in [0.25, 0.3) is 0 Å². The average Bonchev–Trinajstić information content (AvgIpc) is 2.71. The Hall–Kier alpha value is -1.47. The first-order chi connectivity index (χ1) is 8.11. The van der Waals surface area contributed by atoms with Crippen LogP contribution in [0.3, 0.4) is 0 Å². The van der Waals surface area contributed by atoms with Gasteiger partial charge in [0, 0.05) is 11.8 Å². The van der Waals surface area contributed by atoms with Gasteiger partial charge in [-0.3, -0.25) is 9.59 Å². The lowest BCUT2D eigenvalue weighted by atomic mass is 10.3. The van der Waals surface area contributed by atoms with Gasteiger partial charge < -0.3 is 16.2 Å². The Balaban J connectivity index is 2.37. The van der Waals surface area contributed by atoms with Gasteiger partial charge in [-0.15, -0.1) is 11.3 Å². The molecule has 0 aromatic carbocycles. The molecular formula is C10H15N3O3S. The standard InChI is InChI=1S/C10H15N3O3S/c11-3-1-2-9-13-7(6-17-9)4-8(14)12-5-10(15)16/h6H,1-5,11H2,(H,12,14)(H,15,16). The van der Waals surface area contributed by atoms with Gasteiger partial charge in [-0.1, -0.05) is 0 Å². The Labute approximate surface area is 103 Å². The van der Waals surface area contributed by atoms with Crippen molar-refractivity contribution in [3.63, 3.8) is 0 Å².